The van der Waals surface area contributed by atoms with Crippen LogP contribution in [0.1, 0.15) is 28.9 Å². The Balaban J connectivity index is 2.43. The summed E-state index contributed by atoms with van der Waals surface area (Å²) < 4.78 is 14.4. The zero-order chi connectivity index (χ0) is 15.6. The summed E-state index contributed by atoms with van der Waals surface area (Å²) in [4.78, 5) is 17.1. The number of pyridine rings is 1. The van der Waals surface area contributed by atoms with Crippen molar-refractivity contribution in [2.45, 2.75) is 13.0 Å². The van der Waals surface area contributed by atoms with E-state index in [2.05, 4.69) is 20.9 Å². The van der Waals surface area contributed by atoms with Crippen molar-refractivity contribution < 1.29 is 14.3 Å². The second-order valence-electron chi connectivity index (χ2n) is 4.64. The molecular weight excluding hydrogens is 339 g/mol. The Morgan fingerprint density at radius 2 is 2.10 bits per heavy atom. The highest BCUT2D eigenvalue weighted by Gasteiger charge is 2.22. The van der Waals surface area contributed by atoms with Crippen molar-refractivity contribution >= 4 is 27.7 Å². The molecule has 2 aromatic rings. The molecule has 21 heavy (non-hydrogen) atoms. The highest BCUT2D eigenvalue weighted by atomic mass is 79.9. The first kappa shape index (κ1) is 15.4. The van der Waals surface area contributed by atoms with Crippen molar-refractivity contribution in [1.82, 2.24) is 4.98 Å². The van der Waals surface area contributed by atoms with Crippen molar-refractivity contribution in [1.29, 1.82) is 0 Å². The number of carbonyl (C=O) groups is 1. The van der Waals surface area contributed by atoms with Gasteiger partial charge in [-0.25, -0.2) is 14.2 Å². The van der Waals surface area contributed by atoms with Crippen molar-refractivity contribution in [3.8, 4) is 0 Å². The number of aromatic carboxylic acids is 1. The molecule has 1 heterocycles. The summed E-state index contributed by atoms with van der Waals surface area (Å²) in [7, 11) is 1.69. The van der Waals surface area contributed by atoms with E-state index < -0.39 is 5.97 Å². The van der Waals surface area contributed by atoms with Crippen LogP contribution in [0.4, 0.5) is 10.2 Å². The molecule has 1 atom stereocenters. The van der Waals surface area contributed by atoms with Gasteiger partial charge in [-0.1, -0.05) is 18.2 Å². The zero-order valence-electron chi connectivity index (χ0n) is 11.5. The number of hydrogen-bond acceptors (Lipinski definition) is 3. The molecule has 1 aromatic heterocycles. The third-order valence-electron chi connectivity index (χ3n) is 3.33. The second kappa shape index (κ2) is 6.22. The van der Waals surface area contributed by atoms with Gasteiger partial charge in [0.1, 0.15) is 17.2 Å². The second-order valence-corrected chi connectivity index (χ2v) is 5.55. The van der Waals surface area contributed by atoms with Gasteiger partial charge in [-0.3, -0.25) is 0 Å². The molecule has 0 aliphatic rings. The van der Waals surface area contributed by atoms with E-state index in [0.29, 0.717) is 15.9 Å². The molecule has 1 unspecified atom stereocenters. The average molecular weight is 353 g/mol. The fraction of sp³-hybridized carbons (Fsp3) is 0.200. The van der Waals surface area contributed by atoms with Crippen molar-refractivity contribution in [3.63, 3.8) is 0 Å². The van der Waals surface area contributed by atoms with Gasteiger partial charge < -0.3 is 10.0 Å². The van der Waals surface area contributed by atoms with Crippen LogP contribution in [0.5, 0.6) is 0 Å². The largest absolute Gasteiger partial charge is 0.478 e. The van der Waals surface area contributed by atoms with Gasteiger partial charge in [0.05, 0.1) is 6.04 Å². The van der Waals surface area contributed by atoms with E-state index in [1.54, 1.807) is 37.1 Å². The van der Waals surface area contributed by atoms with Crippen LogP contribution in [0.3, 0.4) is 0 Å². The summed E-state index contributed by atoms with van der Waals surface area (Å²) in [6.45, 7) is 1.80. The van der Waals surface area contributed by atoms with E-state index in [-0.39, 0.29) is 17.4 Å². The molecule has 110 valence electrons. The Labute approximate surface area is 130 Å². The lowest BCUT2D eigenvalue weighted by atomic mass is 10.1. The first-order valence-corrected chi connectivity index (χ1v) is 7.07. The molecule has 0 spiro atoms. The maximum absolute atomic E-state index is 13.9. The molecule has 1 N–H and O–H groups in total. The number of halogens is 2. The first-order valence-electron chi connectivity index (χ1n) is 6.28. The lowest BCUT2D eigenvalue weighted by molar-refractivity contribution is 0.0697. The maximum atomic E-state index is 13.9. The van der Waals surface area contributed by atoms with Crippen molar-refractivity contribution in [3.05, 3.63) is 57.9 Å². The minimum absolute atomic E-state index is 0.0649. The number of nitrogens with zero attached hydrogens (tertiary/aromatic N) is 2. The van der Waals surface area contributed by atoms with Gasteiger partial charge in [-0.2, -0.15) is 0 Å². The van der Waals surface area contributed by atoms with Crippen molar-refractivity contribution in [2.75, 3.05) is 11.9 Å². The zero-order valence-corrected chi connectivity index (χ0v) is 13.1. The van der Waals surface area contributed by atoms with Gasteiger partial charge >= 0.3 is 5.97 Å². The van der Waals surface area contributed by atoms with Gasteiger partial charge in [0.2, 0.25) is 0 Å². The highest BCUT2D eigenvalue weighted by Crippen LogP contribution is 2.29. The predicted octanol–water partition coefficient (Wildman–Crippen LogP) is 3.88. The van der Waals surface area contributed by atoms with Crippen LogP contribution in [-0.2, 0) is 0 Å². The first-order chi connectivity index (χ1) is 9.91. The van der Waals surface area contributed by atoms with Gasteiger partial charge in [0, 0.05) is 23.3 Å². The van der Waals surface area contributed by atoms with Crippen LogP contribution in [0.2, 0.25) is 0 Å². The number of aromatic nitrogens is 1. The molecule has 0 aliphatic carbocycles. The number of rotatable bonds is 4. The molecule has 0 fully saturated rings. The summed E-state index contributed by atoms with van der Waals surface area (Å²) in [5, 5.41) is 9.28. The van der Waals surface area contributed by atoms with E-state index >= 15 is 0 Å². The van der Waals surface area contributed by atoms with Gasteiger partial charge in [-0.15, -0.1) is 0 Å². The molecular formula is C15H14BrFN2O2. The lowest BCUT2D eigenvalue weighted by Crippen LogP contribution is -2.25. The Bertz CT molecular complexity index is 678. The van der Waals surface area contributed by atoms with Gasteiger partial charge in [0.15, 0.2) is 0 Å². The van der Waals surface area contributed by atoms with E-state index in [9.17, 15) is 14.3 Å². The summed E-state index contributed by atoms with van der Waals surface area (Å²) in [5.74, 6) is -1.11. The standard InChI is InChI=1S/C15H14BrFN2O2/c1-9(11-5-3-4-6-13(11)17)19(2)14-12(15(20)21)7-10(16)8-18-14/h3-9H,1-2H3,(H,20,21). The smallest absolute Gasteiger partial charge is 0.339 e. The number of carboxylic acid groups (broad SMARTS) is 1. The number of hydrogen-bond donors (Lipinski definition) is 1. The van der Waals surface area contributed by atoms with E-state index in [4.69, 9.17) is 0 Å². The van der Waals surface area contributed by atoms with Crippen LogP contribution in [0, 0.1) is 5.82 Å². The highest BCUT2D eigenvalue weighted by molar-refractivity contribution is 9.10. The van der Waals surface area contributed by atoms with Crippen LogP contribution in [0.25, 0.3) is 0 Å². The Kier molecular flexibility index (Phi) is 4.57. The third-order valence-corrected chi connectivity index (χ3v) is 3.77. The quantitative estimate of drug-likeness (QED) is 0.907. The van der Waals surface area contributed by atoms with Gasteiger partial charge in [0.25, 0.3) is 0 Å². The van der Waals surface area contributed by atoms with E-state index in [1.165, 1.54) is 18.3 Å². The molecule has 0 radical (unpaired) electrons. The number of benzene rings is 1. The molecule has 4 nitrogen and oxygen atoms in total. The molecule has 1 aromatic carbocycles. The van der Waals surface area contributed by atoms with Crippen LogP contribution < -0.4 is 4.90 Å². The normalized spacial score (nSPS) is 12.0. The van der Waals surface area contributed by atoms with Crippen molar-refractivity contribution in [2.24, 2.45) is 0 Å². The van der Waals surface area contributed by atoms with Crippen LogP contribution in [-0.4, -0.2) is 23.1 Å². The monoisotopic (exact) mass is 352 g/mol. The minimum atomic E-state index is -1.08. The number of anilines is 1. The minimum Gasteiger partial charge on any atom is -0.478 e. The molecule has 6 heteroatoms. The third kappa shape index (κ3) is 3.21. The summed E-state index contributed by atoms with van der Waals surface area (Å²) in [6, 6.07) is 7.55. The van der Waals surface area contributed by atoms with Crippen LogP contribution >= 0.6 is 15.9 Å². The number of carboxylic acids is 1. The molecule has 2 rings (SSSR count). The Hall–Kier alpha value is -1.95. The fourth-order valence-corrected chi connectivity index (χ4v) is 2.41. The fourth-order valence-electron chi connectivity index (χ4n) is 2.08. The summed E-state index contributed by atoms with van der Waals surface area (Å²) in [5.41, 5.74) is 0.552. The molecule has 0 saturated carbocycles. The Morgan fingerprint density at radius 3 is 2.71 bits per heavy atom. The molecule has 0 saturated heterocycles. The SMILES string of the molecule is CC(c1ccccc1F)N(C)c1ncc(Br)cc1C(=O)O. The summed E-state index contributed by atoms with van der Waals surface area (Å²) in [6.07, 6.45) is 1.52. The van der Waals surface area contributed by atoms with Crippen LogP contribution in [0.15, 0.2) is 41.0 Å². The van der Waals surface area contributed by atoms with E-state index in [0.717, 1.165) is 0 Å². The molecule has 0 aliphatic heterocycles. The summed E-state index contributed by atoms with van der Waals surface area (Å²) >= 11 is 3.20. The Morgan fingerprint density at radius 1 is 1.43 bits per heavy atom. The molecule has 0 amide bonds. The maximum Gasteiger partial charge on any atom is 0.339 e. The lowest BCUT2D eigenvalue weighted by Gasteiger charge is -2.27. The molecule has 0 bridgehead atoms. The average Bonchev–Trinajstić information content (AvgIpc) is 2.46. The van der Waals surface area contributed by atoms with E-state index in [1.807, 2.05) is 0 Å². The predicted molar refractivity (Wildman–Crippen MR) is 82.1 cm³/mol. The van der Waals surface area contributed by atoms with Gasteiger partial charge in [-0.05, 0) is 35.0 Å². The topological polar surface area (TPSA) is 53.4 Å².